The largest absolute Gasteiger partial charge is 0.507 e. The summed E-state index contributed by atoms with van der Waals surface area (Å²) in [4.78, 5) is 16.6. The molecule has 114 valence electrons. The van der Waals surface area contributed by atoms with Crippen LogP contribution >= 0.6 is 15.9 Å². The van der Waals surface area contributed by atoms with Gasteiger partial charge in [-0.3, -0.25) is 4.79 Å². The average Bonchev–Trinajstić information content (AvgIpc) is 2.57. The van der Waals surface area contributed by atoms with Gasteiger partial charge >= 0.3 is 0 Å². The minimum absolute atomic E-state index is 0.0266. The highest BCUT2D eigenvalue weighted by atomic mass is 79.9. The third kappa shape index (κ3) is 3.09. The Kier molecular flexibility index (Phi) is 4.34. The van der Waals surface area contributed by atoms with Crippen LogP contribution in [0.25, 0.3) is 0 Å². The lowest BCUT2D eigenvalue weighted by molar-refractivity contribution is 0.0743. The van der Waals surface area contributed by atoms with Crippen molar-refractivity contribution in [3.05, 3.63) is 58.6 Å². The van der Waals surface area contributed by atoms with E-state index in [0.29, 0.717) is 18.7 Å². The van der Waals surface area contributed by atoms with Gasteiger partial charge in [0.1, 0.15) is 5.75 Å². The molecule has 0 unspecified atom stereocenters. The van der Waals surface area contributed by atoms with Crippen molar-refractivity contribution in [3.63, 3.8) is 0 Å². The molecule has 0 atom stereocenters. The lowest BCUT2D eigenvalue weighted by Crippen LogP contribution is -2.48. The summed E-state index contributed by atoms with van der Waals surface area (Å²) in [5.41, 5.74) is 1.53. The molecule has 0 aromatic heterocycles. The van der Waals surface area contributed by atoms with Gasteiger partial charge in [-0.25, -0.2) is 0 Å². The van der Waals surface area contributed by atoms with Crippen molar-refractivity contribution in [1.82, 2.24) is 4.90 Å². The Hall–Kier alpha value is -2.01. The molecule has 1 aliphatic heterocycles. The smallest absolute Gasteiger partial charge is 0.257 e. The molecule has 2 aromatic carbocycles. The van der Waals surface area contributed by atoms with Gasteiger partial charge in [0, 0.05) is 36.3 Å². The van der Waals surface area contributed by atoms with Crippen molar-refractivity contribution in [2.24, 2.45) is 0 Å². The maximum Gasteiger partial charge on any atom is 0.257 e. The molecule has 0 bridgehead atoms. The van der Waals surface area contributed by atoms with Crippen LogP contribution < -0.4 is 4.90 Å². The van der Waals surface area contributed by atoms with Gasteiger partial charge in [-0.05, 0) is 30.3 Å². The number of amides is 1. The second-order valence-electron chi connectivity index (χ2n) is 5.28. The predicted octanol–water partition coefficient (Wildman–Crippen LogP) is 3.12. The molecule has 0 aliphatic carbocycles. The lowest BCUT2D eigenvalue weighted by atomic mass is 10.1. The van der Waals surface area contributed by atoms with Crippen LogP contribution in [0.1, 0.15) is 10.4 Å². The maximum absolute atomic E-state index is 12.5. The summed E-state index contributed by atoms with van der Waals surface area (Å²) in [6.45, 7) is 2.90. The van der Waals surface area contributed by atoms with Crippen molar-refractivity contribution in [1.29, 1.82) is 0 Å². The standard InChI is InChI=1S/C17H17BrN2O2/c18-13-6-7-16(21)15(12-13)17(22)20-10-8-19(9-11-20)14-4-2-1-3-5-14/h1-7,12,21H,8-11H2. The van der Waals surface area contributed by atoms with Gasteiger partial charge in [-0.2, -0.15) is 0 Å². The minimum atomic E-state index is -0.119. The first-order valence-corrected chi connectivity index (χ1v) is 8.02. The van der Waals surface area contributed by atoms with Crippen molar-refractivity contribution >= 4 is 27.5 Å². The Morgan fingerprint density at radius 3 is 2.36 bits per heavy atom. The number of para-hydroxylation sites is 1. The molecule has 2 aromatic rings. The van der Waals surface area contributed by atoms with Crippen molar-refractivity contribution < 1.29 is 9.90 Å². The summed E-state index contributed by atoms with van der Waals surface area (Å²) in [6, 6.07) is 15.1. The van der Waals surface area contributed by atoms with Gasteiger partial charge in [0.25, 0.3) is 5.91 Å². The molecule has 0 spiro atoms. The minimum Gasteiger partial charge on any atom is -0.507 e. The van der Waals surface area contributed by atoms with E-state index in [-0.39, 0.29) is 11.7 Å². The molecule has 1 amide bonds. The third-order valence-electron chi connectivity index (χ3n) is 3.88. The van der Waals surface area contributed by atoms with Crippen LogP contribution in [0.3, 0.4) is 0 Å². The maximum atomic E-state index is 12.5. The first kappa shape index (κ1) is 14.9. The van der Waals surface area contributed by atoms with E-state index in [1.54, 1.807) is 17.0 Å². The SMILES string of the molecule is O=C(c1cc(Br)ccc1O)N1CCN(c2ccccc2)CC1. The van der Waals surface area contributed by atoms with Crippen LogP contribution in [0, 0.1) is 0 Å². The van der Waals surface area contributed by atoms with Crippen molar-refractivity contribution in [2.75, 3.05) is 31.1 Å². The molecule has 0 saturated carbocycles. The fourth-order valence-corrected chi connectivity index (χ4v) is 3.02. The number of piperazine rings is 1. The van der Waals surface area contributed by atoms with Crippen molar-refractivity contribution in [2.45, 2.75) is 0 Å². The number of anilines is 1. The van der Waals surface area contributed by atoms with E-state index in [4.69, 9.17) is 0 Å². The molecule has 1 heterocycles. The van der Waals surface area contributed by atoms with Gasteiger partial charge < -0.3 is 14.9 Å². The van der Waals surface area contributed by atoms with E-state index in [1.807, 2.05) is 18.2 Å². The highest BCUT2D eigenvalue weighted by Gasteiger charge is 2.24. The number of phenols is 1. The van der Waals surface area contributed by atoms with Crippen LogP contribution in [-0.4, -0.2) is 42.1 Å². The van der Waals surface area contributed by atoms with Crippen LogP contribution in [-0.2, 0) is 0 Å². The number of carbonyl (C=O) groups is 1. The Balaban J connectivity index is 1.68. The van der Waals surface area contributed by atoms with Crippen LogP contribution in [0.2, 0.25) is 0 Å². The third-order valence-corrected chi connectivity index (χ3v) is 4.37. The fourth-order valence-electron chi connectivity index (χ4n) is 2.66. The second-order valence-corrected chi connectivity index (χ2v) is 6.19. The van der Waals surface area contributed by atoms with Gasteiger partial charge in [0.05, 0.1) is 5.56 Å². The zero-order chi connectivity index (χ0) is 15.5. The quantitative estimate of drug-likeness (QED) is 0.894. The molecule has 4 nitrogen and oxygen atoms in total. The number of aromatic hydroxyl groups is 1. The average molecular weight is 361 g/mol. The number of carbonyl (C=O) groups excluding carboxylic acids is 1. The highest BCUT2D eigenvalue weighted by molar-refractivity contribution is 9.10. The van der Waals surface area contributed by atoms with Gasteiger partial charge in [0.15, 0.2) is 0 Å². The summed E-state index contributed by atoms with van der Waals surface area (Å²) >= 11 is 3.34. The van der Waals surface area contributed by atoms with Crippen LogP contribution in [0.5, 0.6) is 5.75 Å². The Bertz CT molecular complexity index is 668. The number of hydrogen-bond acceptors (Lipinski definition) is 3. The number of benzene rings is 2. The zero-order valence-electron chi connectivity index (χ0n) is 12.1. The topological polar surface area (TPSA) is 43.8 Å². The zero-order valence-corrected chi connectivity index (χ0v) is 13.7. The number of halogens is 1. The second kappa shape index (κ2) is 6.40. The highest BCUT2D eigenvalue weighted by Crippen LogP contribution is 2.24. The molecule has 1 fully saturated rings. The monoisotopic (exact) mass is 360 g/mol. The lowest BCUT2D eigenvalue weighted by Gasteiger charge is -2.36. The Labute approximate surface area is 138 Å². The number of nitrogens with zero attached hydrogens (tertiary/aromatic N) is 2. The molecule has 3 rings (SSSR count). The molecule has 1 aliphatic rings. The van der Waals surface area contributed by atoms with Gasteiger partial charge in [0.2, 0.25) is 0 Å². The van der Waals surface area contributed by atoms with Crippen molar-refractivity contribution in [3.8, 4) is 5.75 Å². The van der Waals surface area contributed by atoms with Crippen LogP contribution in [0.4, 0.5) is 5.69 Å². The summed E-state index contributed by atoms with van der Waals surface area (Å²) in [7, 11) is 0. The molecule has 1 N–H and O–H groups in total. The first-order valence-electron chi connectivity index (χ1n) is 7.23. The molecular weight excluding hydrogens is 344 g/mol. The van der Waals surface area contributed by atoms with E-state index in [1.165, 1.54) is 11.8 Å². The molecular formula is C17H17BrN2O2. The normalized spacial score (nSPS) is 15.0. The van der Waals surface area contributed by atoms with E-state index >= 15 is 0 Å². The van der Waals surface area contributed by atoms with E-state index < -0.39 is 0 Å². The summed E-state index contributed by atoms with van der Waals surface area (Å²) in [5, 5.41) is 9.89. The summed E-state index contributed by atoms with van der Waals surface area (Å²) in [5.74, 6) is -0.0924. The Morgan fingerprint density at radius 2 is 1.68 bits per heavy atom. The van der Waals surface area contributed by atoms with Crippen LogP contribution in [0.15, 0.2) is 53.0 Å². The first-order chi connectivity index (χ1) is 10.6. The van der Waals surface area contributed by atoms with Gasteiger partial charge in [-0.1, -0.05) is 34.1 Å². The van der Waals surface area contributed by atoms with E-state index in [0.717, 1.165) is 17.6 Å². The summed E-state index contributed by atoms with van der Waals surface area (Å²) in [6.07, 6.45) is 0. The number of hydrogen-bond donors (Lipinski definition) is 1. The van der Waals surface area contributed by atoms with E-state index in [9.17, 15) is 9.90 Å². The predicted molar refractivity (Wildman–Crippen MR) is 90.4 cm³/mol. The summed E-state index contributed by atoms with van der Waals surface area (Å²) < 4.78 is 0.788. The Morgan fingerprint density at radius 1 is 1.00 bits per heavy atom. The molecule has 22 heavy (non-hydrogen) atoms. The number of phenolic OH excluding ortho intramolecular Hbond substituents is 1. The molecule has 5 heteroatoms. The fraction of sp³-hybridized carbons (Fsp3) is 0.235. The number of rotatable bonds is 2. The van der Waals surface area contributed by atoms with Gasteiger partial charge in [-0.15, -0.1) is 0 Å². The molecule has 0 radical (unpaired) electrons. The molecule has 1 saturated heterocycles. The van der Waals surface area contributed by atoms with E-state index in [2.05, 4.69) is 33.0 Å².